The number of ketones is 2. The van der Waals surface area contributed by atoms with Crippen molar-refractivity contribution in [3.63, 3.8) is 0 Å². The molecule has 0 saturated heterocycles. The highest BCUT2D eigenvalue weighted by Gasteiger charge is 2.35. The third kappa shape index (κ3) is 4.87. The fourth-order valence-electron chi connectivity index (χ4n) is 5.13. The fraction of sp³-hybridized carbons (Fsp3) is 0.118. The Morgan fingerprint density at radius 3 is 1.64 bits per heavy atom. The van der Waals surface area contributed by atoms with Gasteiger partial charge in [-0.05, 0) is 59.2 Å². The standard InChI is InChI=1S/C34H24Cl2O2S/c1-20-18-26(20)23-16-17-25(28(36)19-23)32(38)34-30(22-12-6-3-7-13-22)29(21-10-4-2-5-11-21)33(39-34)31(37)24-14-8-9-15-27(24)35/h2-17,19-20,26H,18H2,1H3/t20?,26-/m0/s1. The van der Waals surface area contributed by atoms with Crippen molar-refractivity contribution in [1.29, 1.82) is 0 Å². The van der Waals surface area contributed by atoms with E-state index in [-0.39, 0.29) is 11.6 Å². The summed E-state index contributed by atoms with van der Waals surface area (Å²) in [4.78, 5) is 29.2. The third-order valence-corrected chi connectivity index (χ3v) is 9.17. The molecule has 0 radical (unpaired) electrons. The Labute approximate surface area is 241 Å². The molecule has 0 amide bonds. The van der Waals surface area contributed by atoms with Gasteiger partial charge >= 0.3 is 0 Å². The topological polar surface area (TPSA) is 34.1 Å². The van der Waals surface area contributed by atoms with Crippen LogP contribution in [-0.4, -0.2) is 11.6 Å². The van der Waals surface area contributed by atoms with E-state index in [2.05, 4.69) is 6.92 Å². The molecule has 5 aromatic rings. The molecule has 1 saturated carbocycles. The first-order valence-electron chi connectivity index (χ1n) is 12.8. The summed E-state index contributed by atoms with van der Waals surface area (Å²) in [6.07, 6.45) is 1.14. The molecule has 0 spiro atoms. The van der Waals surface area contributed by atoms with Gasteiger partial charge in [0.05, 0.1) is 19.8 Å². The van der Waals surface area contributed by atoms with E-state index >= 15 is 0 Å². The predicted octanol–water partition coefficient (Wildman–Crippen LogP) is 9.97. The van der Waals surface area contributed by atoms with Crippen LogP contribution in [0.5, 0.6) is 0 Å². The van der Waals surface area contributed by atoms with E-state index in [0.717, 1.165) is 34.2 Å². The van der Waals surface area contributed by atoms with E-state index in [4.69, 9.17) is 23.2 Å². The summed E-state index contributed by atoms with van der Waals surface area (Å²) in [6.45, 7) is 2.22. The summed E-state index contributed by atoms with van der Waals surface area (Å²) in [5.74, 6) is 0.716. The second kappa shape index (κ2) is 10.6. The fourth-order valence-corrected chi connectivity index (χ4v) is 6.88. The van der Waals surface area contributed by atoms with E-state index in [1.165, 1.54) is 11.3 Å². The van der Waals surface area contributed by atoms with Crippen LogP contribution in [0, 0.1) is 5.92 Å². The summed E-state index contributed by atoms with van der Waals surface area (Å²) in [5.41, 5.74) is 5.15. The van der Waals surface area contributed by atoms with Crippen LogP contribution >= 0.6 is 34.5 Å². The molecule has 39 heavy (non-hydrogen) atoms. The Hall–Kier alpha value is -3.50. The van der Waals surface area contributed by atoms with Crippen LogP contribution < -0.4 is 0 Å². The lowest BCUT2D eigenvalue weighted by atomic mass is 9.91. The molecule has 4 aromatic carbocycles. The van der Waals surface area contributed by atoms with Gasteiger partial charge in [-0.25, -0.2) is 0 Å². The van der Waals surface area contributed by atoms with Gasteiger partial charge in [0.15, 0.2) is 0 Å². The SMILES string of the molecule is CC1C[C@@H]1c1ccc(C(=O)c2sc(C(=O)c3ccccc3Cl)c(-c3ccccc3)c2-c2ccccc2)c(Cl)c1. The number of halogens is 2. The monoisotopic (exact) mass is 566 g/mol. The first kappa shape index (κ1) is 25.8. The van der Waals surface area contributed by atoms with Crippen LogP contribution in [0.15, 0.2) is 103 Å². The second-order valence-electron chi connectivity index (χ2n) is 9.94. The van der Waals surface area contributed by atoms with Gasteiger partial charge < -0.3 is 0 Å². The quantitative estimate of drug-likeness (QED) is 0.183. The van der Waals surface area contributed by atoms with Gasteiger partial charge in [-0.2, -0.15) is 0 Å². The van der Waals surface area contributed by atoms with E-state index < -0.39 is 0 Å². The second-order valence-corrected chi connectivity index (χ2v) is 11.8. The van der Waals surface area contributed by atoms with Crippen molar-refractivity contribution < 1.29 is 9.59 Å². The number of carbonyl (C=O) groups is 2. The number of carbonyl (C=O) groups excluding carboxylic acids is 2. The van der Waals surface area contributed by atoms with E-state index in [9.17, 15) is 9.59 Å². The van der Waals surface area contributed by atoms with Crippen LogP contribution in [-0.2, 0) is 0 Å². The largest absolute Gasteiger partial charge is 0.288 e. The lowest BCUT2D eigenvalue weighted by molar-refractivity contribution is 0.103. The Balaban J connectivity index is 1.59. The van der Waals surface area contributed by atoms with Gasteiger partial charge in [-0.15, -0.1) is 11.3 Å². The van der Waals surface area contributed by atoms with Crippen LogP contribution in [0.2, 0.25) is 10.0 Å². The van der Waals surface area contributed by atoms with Gasteiger partial charge in [0, 0.05) is 22.3 Å². The maximum atomic E-state index is 14.2. The van der Waals surface area contributed by atoms with Crippen LogP contribution in [0.3, 0.4) is 0 Å². The minimum absolute atomic E-state index is 0.199. The molecule has 2 nitrogen and oxygen atoms in total. The molecule has 1 unspecified atom stereocenters. The summed E-state index contributed by atoms with van der Waals surface area (Å²) >= 11 is 14.4. The summed E-state index contributed by atoms with van der Waals surface area (Å²) in [5, 5.41) is 0.807. The molecule has 6 rings (SSSR count). The summed E-state index contributed by atoms with van der Waals surface area (Å²) in [7, 11) is 0. The van der Waals surface area contributed by atoms with Gasteiger partial charge in [0.1, 0.15) is 0 Å². The first-order valence-corrected chi connectivity index (χ1v) is 14.4. The molecule has 1 heterocycles. The van der Waals surface area contributed by atoms with Gasteiger partial charge in [-0.1, -0.05) is 109 Å². The van der Waals surface area contributed by atoms with Crippen molar-refractivity contribution in [3.05, 3.63) is 140 Å². The Bertz CT molecular complexity index is 1710. The molecule has 0 bridgehead atoms. The van der Waals surface area contributed by atoms with E-state index in [0.29, 0.717) is 42.8 Å². The molecule has 192 valence electrons. The lowest BCUT2D eigenvalue weighted by Gasteiger charge is -2.11. The number of hydrogen-bond donors (Lipinski definition) is 0. The zero-order valence-electron chi connectivity index (χ0n) is 21.2. The van der Waals surface area contributed by atoms with Crippen molar-refractivity contribution in [1.82, 2.24) is 0 Å². The van der Waals surface area contributed by atoms with Crippen LogP contribution in [0.25, 0.3) is 22.3 Å². The van der Waals surface area contributed by atoms with Gasteiger partial charge in [-0.3, -0.25) is 9.59 Å². The van der Waals surface area contributed by atoms with Crippen LogP contribution in [0.1, 0.15) is 55.3 Å². The Morgan fingerprint density at radius 2 is 1.15 bits per heavy atom. The molecule has 1 fully saturated rings. The molecule has 5 heteroatoms. The molecule has 1 aromatic heterocycles. The Kier molecular flexibility index (Phi) is 6.99. The summed E-state index contributed by atoms with van der Waals surface area (Å²) < 4.78 is 0. The third-order valence-electron chi connectivity index (χ3n) is 7.34. The number of hydrogen-bond acceptors (Lipinski definition) is 3. The van der Waals surface area contributed by atoms with Crippen molar-refractivity contribution in [2.24, 2.45) is 5.92 Å². The van der Waals surface area contributed by atoms with E-state index in [1.807, 2.05) is 78.9 Å². The lowest BCUT2D eigenvalue weighted by Crippen LogP contribution is -2.02. The highest BCUT2D eigenvalue weighted by atomic mass is 35.5. The van der Waals surface area contributed by atoms with Crippen molar-refractivity contribution in [3.8, 4) is 22.3 Å². The number of benzene rings is 4. The smallest absolute Gasteiger partial charge is 0.205 e. The normalized spacial score (nSPS) is 16.2. The minimum atomic E-state index is -0.218. The van der Waals surface area contributed by atoms with Crippen molar-refractivity contribution >= 4 is 46.1 Å². The van der Waals surface area contributed by atoms with E-state index in [1.54, 1.807) is 24.3 Å². The molecular weight excluding hydrogens is 543 g/mol. The zero-order valence-corrected chi connectivity index (χ0v) is 23.5. The average molecular weight is 568 g/mol. The molecular formula is C34H24Cl2O2S. The number of thiophene rings is 1. The van der Waals surface area contributed by atoms with Gasteiger partial charge in [0.2, 0.25) is 11.6 Å². The molecule has 1 aliphatic carbocycles. The maximum absolute atomic E-state index is 14.2. The van der Waals surface area contributed by atoms with Gasteiger partial charge in [0.25, 0.3) is 0 Å². The van der Waals surface area contributed by atoms with Crippen LogP contribution in [0.4, 0.5) is 0 Å². The highest BCUT2D eigenvalue weighted by Crippen LogP contribution is 2.49. The average Bonchev–Trinajstić information content (AvgIpc) is 3.56. The molecule has 1 aliphatic rings. The molecule has 0 N–H and O–H groups in total. The van der Waals surface area contributed by atoms with Crippen molar-refractivity contribution in [2.75, 3.05) is 0 Å². The van der Waals surface area contributed by atoms with Crippen molar-refractivity contribution in [2.45, 2.75) is 19.3 Å². The first-order chi connectivity index (χ1) is 18.9. The highest BCUT2D eigenvalue weighted by molar-refractivity contribution is 7.17. The number of rotatable bonds is 7. The summed E-state index contributed by atoms with van der Waals surface area (Å²) in [6, 6.07) is 32.2. The predicted molar refractivity (Wildman–Crippen MR) is 161 cm³/mol. The molecule has 2 atom stereocenters. The maximum Gasteiger partial charge on any atom is 0.205 e. The Morgan fingerprint density at radius 1 is 0.667 bits per heavy atom. The molecule has 0 aliphatic heterocycles. The zero-order chi connectivity index (χ0) is 27.1. The minimum Gasteiger partial charge on any atom is -0.288 e.